The predicted molar refractivity (Wildman–Crippen MR) is 105 cm³/mol. The molecule has 1 saturated heterocycles. The van der Waals surface area contributed by atoms with Crippen LogP contribution in [0.3, 0.4) is 0 Å². The Bertz CT molecular complexity index is 725. The highest BCUT2D eigenvalue weighted by molar-refractivity contribution is 7.14. The van der Waals surface area contributed by atoms with Gasteiger partial charge in [0.25, 0.3) is 0 Å². The average molecular weight is 371 g/mol. The van der Waals surface area contributed by atoms with E-state index in [2.05, 4.69) is 23.1 Å². The van der Waals surface area contributed by atoms with E-state index in [1.165, 1.54) is 41.9 Å². The first-order chi connectivity index (χ1) is 12.8. The molecule has 1 unspecified atom stereocenters. The molecule has 1 aromatic heterocycles. The van der Waals surface area contributed by atoms with E-state index >= 15 is 0 Å². The van der Waals surface area contributed by atoms with E-state index < -0.39 is 0 Å². The van der Waals surface area contributed by atoms with Crippen LogP contribution < -0.4 is 4.74 Å². The molecule has 4 rings (SSSR count). The Morgan fingerprint density at radius 2 is 1.96 bits per heavy atom. The van der Waals surface area contributed by atoms with Crippen molar-refractivity contribution in [3.8, 4) is 5.06 Å². The molecule has 1 fully saturated rings. The van der Waals surface area contributed by atoms with Gasteiger partial charge in [-0.05, 0) is 56.0 Å². The molecule has 0 spiro atoms. The van der Waals surface area contributed by atoms with Crippen LogP contribution in [-0.4, -0.2) is 49.0 Å². The van der Waals surface area contributed by atoms with Crippen LogP contribution in [0, 0.1) is 0 Å². The van der Waals surface area contributed by atoms with Gasteiger partial charge in [-0.15, -0.1) is 11.3 Å². The molecular formula is C21H26N2O2S. The minimum Gasteiger partial charge on any atom is -0.484 e. The van der Waals surface area contributed by atoms with Gasteiger partial charge < -0.3 is 14.5 Å². The monoisotopic (exact) mass is 370 g/mol. The lowest BCUT2D eigenvalue weighted by Gasteiger charge is -2.32. The van der Waals surface area contributed by atoms with Crippen molar-refractivity contribution in [1.29, 1.82) is 0 Å². The van der Waals surface area contributed by atoms with Crippen LogP contribution in [0.2, 0.25) is 0 Å². The Labute approximate surface area is 159 Å². The number of likely N-dealkylation sites (tertiary alicyclic amines) is 1. The van der Waals surface area contributed by atoms with E-state index in [0.29, 0.717) is 0 Å². The Morgan fingerprint density at radius 1 is 1.15 bits per heavy atom. The molecule has 138 valence electrons. The standard InChI is InChI=1S/C21H26N2O2S/c24-16-23-13-9-18-15-19(25-14-6-12-22-10-4-5-11-22)26-21(18)20(23)17-7-2-1-3-8-17/h1-3,7-8,15-16,20H,4-6,9-14H2. The number of rotatable bonds is 7. The molecule has 0 bridgehead atoms. The summed E-state index contributed by atoms with van der Waals surface area (Å²) in [7, 11) is 0. The number of carbonyl (C=O) groups excluding carboxylic acids is 1. The van der Waals surface area contributed by atoms with E-state index in [1.54, 1.807) is 11.3 Å². The summed E-state index contributed by atoms with van der Waals surface area (Å²) < 4.78 is 6.06. The zero-order valence-electron chi connectivity index (χ0n) is 15.1. The number of hydrogen-bond donors (Lipinski definition) is 0. The molecule has 0 N–H and O–H groups in total. The van der Waals surface area contributed by atoms with E-state index in [4.69, 9.17) is 4.74 Å². The summed E-state index contributed by atoms with van der Waals surface area (Å²) in [6.07, 6.45) is 5.65. The summed E-state index contributed by atoms with van der Waals surface area (Å²) in [5, 5.41) is 0.991. The zero-order chi connectivity index (χ0) is 17.8. The van der Waals surface area contributed by atoms with Gasteiger partial charge in [-0.25, -0.2) is 0 Å². The highest BCUT2D eigenvalue weighted by atomic mass is 32.1. The highest BCUT2D eigenvalue weighted by Crippen LogP contribution is 2.42. The minimum atomic E-state index is 0.0180. The third kappa shape index (κ3) is 3.79. The van der Waals surface area contributed by atoms with Gasteiger partial charge in [-0.2, -0.15) is 0 Å². The van der Waals surface area contributed by atoms with Crippen LogP contribution in [0.25, 0.3) is 0 Å². The Morgan fingerprint density at radius 3 is 2.73 bits per heavy atom. The number of amides is 1. The van der Waals surface area contributed by atoms with Gasteiger partial charge in [0, 0.05) is 18.0 Å². The second-order valence-corrected chi connectivity index (χ2v) is 8.16. The molecule has 1 atom stereocenters. The predicted octanol–water partition coefficient (Wildman–Crippen LogP) is 3.72. The topological polar surface area (TPSA) is 32.8 Å². The van der Waals surface area contributed by atoms with Gasteiger partial charge >= 0.3 is 0 Å². The molecule has 26 heavy (non-hydrogen) atoms. The maximum atomic E-state index is 11.6. The smallest absolute Gasteiger partial charge is 0.210 e. The van der Waals surface area contributed by atoms with E-state index in [-0.39, 0.29) is 6.04 Å². The zero-order valence-corrected chi connectivity index (χ0v) is 15.9. The number of nitrogens with zero attached hydrogens (tertiary/aromatic N) is 2. The normalized spacial score (nSPS) is 20.2. The van der Waals surface area contributed by atoms with Crippen LogP contribution in [0.15, 0.2) is 36.4 Å². The number of benzene rings is 1. The van der Waals surface area contributed by atoms with Crippen molar-refractivity contribution in [2.24, 2.45) is 0 Å². The summed E-state index contributed by atoms with van der Waals surface area (Å²) in [5.41, 5.74) is 2.50. The van der Waals surface area contributed by atoms with Crippen LogP contribution in [0.5, 0.6) is 5.06 Å². The molecule has 3 heterocycles. The number of fused-ring (bicyclic) bond motifs is 1. The third-order valence-electron chi connectivity index (χ3n) is 5.35. The fourth-order valence-electron chi connectivity index (χ4n) is 4.00. The number of hydrogen-bond acceptors (Lipinski definition) is 4. The number of thiophene rings is 1. The van der Waals surface area contributed by atoms with Crippen molar-refractivity contribution in [3.05, 3.63) is 52.4 Å². The van der Waals surface area contributed by atoms with Crippen molar-refractivity contribution in [2.75, 3.05) is 32.8 Å². The Hall–Kier alpha value is -1.85. The first-order valence-electron chi connectivity index (χ1n) is 9.59. The quantitative estimate of drug-likeness (QED) is 0.550. The molecule has 1 aromatic carbocycles. The van der Waals surface area contributed by atoms with Gasteiger partial charge in [0.2, 0.25) is 6.41 Å². The minimum absolute atomic E-state index is 0.0180. The molecule has 0 saturated carbocycles. The molecule has 2 aromatic rings. The fraction of sp³-hybridized carbons (Fsp3) is 0.476. The van der Waals surface area contributed by atoms with Gasteiger partial charge in [0.1, 0.15) is 0 Å². The second kappa shape index (κ2) is 8.23. The molecule has 0 radical (unpaired) electrons. The summed E-state index contributed by atoms with van der Waals surface area (Å²) in [6.45, 7) is 5.16. The lowest BCUT2D eigenvalue weighted by Crippen LogP contribution is -2.34. The molecular weight excluding hydrogens is 344 g/mol. The van der Waals surface area contributed by atoms with E-state index in [1.807, 2.05) is 23.1 Å². The van der Waals surface area contributed by atoms with Crippen LogP contribution >= 0.6 is 11.3 Å². The molecule has 0 aliphatic carbocycles. The van der Waals surface area contributed by atoms with Crippen LogP contribution in [-0.2, 0) is 11.2 Å². The van der Waals surface area contributed by atoms with E-state index in [9.17, 15) is 4.79 Å². The Kier molecular flexibility index (Phi) is 5.56. The molecule has 4 nitrogen and oxygen atoms in total. The Balaban J connectivity index is 1.44. The largest absolute Gasteiger partial charge is 0.484 e. The first kappa shape index (κ1) is 17.6. The van der Waals surface area contributed by atoms with Crippen molar-refractivity contribution < 1.29 is 9.53 Å². The molecule has 1 amide bonds. The van der Waals surface area contributed by atoms with E-state index in [0.717, 1.165) is 44.0 Å². The van der Waals surface area contributed by atoms with Gasteiger partial charge in [-0.3, -0.25) is 4.79 Å². The highest BCUT2D eigenvalue weighted by Gasteiger charge is 2.30. The third-order valence-corrected chi connectivity index (χ3v) is 6.49. The van der Waals surface area contributed by atoms with Gasteiger partial charge in [0.05, 0.1) is 12.6 Å². The summed E-state index contributed by atoms with van der Waals surface area (Å²) in [6, 6.07) is 12.5. The lowest BCUT2D eigenvalue weighted by molar-refractivity contribution is -0.119. The second-order valence-electron chi connectivity index (χ2n) is 7.11. The fourth-order valence-corrected chi connectivity index (χ4v) is 5.24. The summed E-state index contributed by atoms with van der Waals surface area (Å²) >= 11 is 1.70. The lowest BCUT2D eigenvalue weighted by atomic mass is 9.96. The van der Waals surface area contributed by atoms with Crippen molar-refractivity contribution >= 4 is 17.7 Å². The van der Waals surface area contributed by atoms with Crippen LogP contribution in [0.4, 0.5) is 0 Å². The van der Waals surface area contributed by atoms with Crippen molar-refractivity contribution in [1.82, 2.24) is 9.80 Å². The molecule has 2 aliphatic rings. The van der Waals surface area contributed by atoms with Crippen molar-refractivity contribution in [3.63, 3.8) is 0 Å². The average Bonchev–Trinajstić information content (AvgIpc) is 3.34. The molecule has 5 heteroatoms. The number of carbonyl (C=O) groups is 1. The van der Waals surface area contributed by atoms with Crippen molar-refractivity contribution in [2.45, 2.75) is 31.7 Å². The number of ether oxygens (including phenoxy) is 1. The first-order valence-corrected chi connectivity index (χ1v) is 10.4. The molecule has 2 aliphatic heterocycles. The summed E-state index contributed by atoms with van der Waals surface area (Å²) in [5.74, 6) is 0. The maximum Gasteiger partial charge on any atom is 0.210 e. The van der Waals surface area contributed by atoms with Crippen LogP contribution in [0.1, 0.15) is 41.3 Å². The van der Waals surface area contributed by atoms with Gasteiger partial charge in [0.15, 0.2) is 5.06 Å². The van der Waals surface area contributed by atoms with Gasteiger partial charge in [-0.1, -0.05) is 30.3 Å². The summed E-state index contributed by atoms with van der Waals surface area (Å²) in [4.78, 5) is 17.3. The SMILES string of the molecule is O=CN1CCc2cc(OCCCN3CCCC3)sc2C1c1ccccc1. The maximum absolute atomic E-state index is 11.6.